The zero-order valence-corrected chi connectivity index (χ0v) is 6.88. The summed E-state index contributed by atoms with van der Waals surface area (Å²) in [7, 11) is 1.43. The minimum absolute atomic E-state index is 0.139. The monoisotopic (exact) mass is 178 g/mol. The highest BCUT2D eigenvalue weighted by Crippen LogP contribution is 2.19. The Kier molecular flexibility index (Phi) is 3.42. The Bertz CT molecular complexity index is 140. The number of hydrogen-bond donors (Lipinski definition) is 3. The van der Waals surface area contributed by atoms with Crippen LogP contribution in [0.25, 0.3) is 0 Å². The molecular formula is C7H14O5. The van der Waals surface area contributed by atoms with Crippen molar-refractivity contribution < 1.29 is 24.8 Å². The van der Waals surface area contributed by atoms with Crippen molar-refractivity contribution in [2.24, 2.45) is 0 Å². The number of hydrogen-bond acceptors (Lipinski definition) is 5. The zero-order valence-electron chi connectivity index (χ0n) is 6.88. The van der Waals surface area contributed by atoms with E-state index in [9.17, 15) is 10.2 Å². The van der Waals surface area contributed by atoms with Gasteiger partial charge in [0.05, 0.1) is 13.2 Å². The SMILES string of the molecule is CO[C@@H]1[C@@H]([C@@H](O)CO)OC[C@H]1O. The first-order valence-electron chi connectivity index (χ1n) is 3.82. The quantitative estimate of drug-likeness (QED) is 0.471. The second-order valence-electron chi connectivity index (χ2n) is 2.82. The number of rotatable bonds is 3. The molecule has 5 nitrogen and oxygen atoms in total. The van der Waals surface area contributed by atoms with Crippen LogP contribution in [0, 0.1) is 0 Å². The van der Waals surface area contributed by atoms with Crippen molar-refractivity contribution in [3.05, 3.63) is 0 Å². The van der Waals surface area contributed by atoms with Crippen LogP contribution in [-0.2, 0) is 9.47 Å². The molecule has 5 heteroatoms. The Morgan fingerprint density at radius 1 is 1.67 bits per heavy atom. The first-order chi connectivity index (χ1) is 5.70. The maximum Gasteiger partial charge on any atom is 0.114 e. The molecule has 0 aromatic carbocycles. The van der Waals surface area contributed by atoms with E-state index in [1.54, 1.807) is 0 Å². The summed E-state index contributed by atoms with van der Waals surface area (Å²) in [6.45, 7) is -0.252. The van der Waals surface area contributed by atoms with Gasteiger partial charge < -0.3 is 24.8 Å². The molecule has 0 spiro atoms. The summed E-state index contributed by atoms with van der Waals surface area (Å²) in [6.07, 6.45) is -2.89. The highest BCUT2D eigenvalue weighted by Gasteiger charge is 2.40. The van der Waals surface area contributed by atoms with Crippen molar-refractivity contribution in [2.75, 3.05) is 20.3 Å². The van der Waals surface area contributed by atoms with E-state index >= 15 is 0 Å². The van der Waals surface area contributed by atoms with E-state index in [0.29, 0.717) is 0 Å². The standard InChI is InChI=1S/C7H14O5/c1-11-6-5(10)3-12-7(6)4(9)2-8/h4-10H,2-3H2,1H3/t4-,5+,6-,7+/m0/s1. The summed E-state index contributed by atoms with van der Waals surface area (Å²) in [5.41, 5.74) is 0. The summed E-state index contributed by atoms with van der Waals surface area (Å²) in [5.74, 6) is 0. The highest BCUT2D eigenvalue weighted by atomic mass is 16.6. The number of methoxy groups -OCH3 is 1. The largest absolute Gasteiger partial charge is 0.394 e. The van der Waals surface area contributed by atoms with Crippen molar-refractivity contribution in [1.29, 1.82) is 0 Å². The molecule has 1 rings (SSSR count). The Labute approximate surface area is 70.5 Å². The van der Waals surface area contributed by atoms with Crippen LogP contribution < -0.4 is 0 Å². The lowest BCUT2D eigenvalue weighted by Gasteiger charge is -2.21. The Morgan fingerprint density at radius 2 is 2.33 bits per heavy atom. The smallest absolute Gasteiger partial charge is 0.114 e. The molecule has 1 saturated heterocycles. The normalized spacial score (nSPS) is 38.5. The van der Waals surface area contributed by atoms with E-state index in [1.165, 1.54) is 7.11 Å². The van der Waals surface area contributed by atoms with Crippen molar-refractivity contribution in [3.8, 4) is 0 Å². The van der Waals surface area contributed by atoms with E-state index in [4.69, 9.17) is 14.6 Å². The number of aliphatic hydroxyl groups excluding tert-OH is 3. The van der Waals surface area contributed by atoms with Gasteiger partial charge in [0.25, 0.3) is 0 Å². The minimum atomic E-state index is -0.993. The predicted octanol–water partition coefficient (Wildman–Crippen LogP) is -1.89. The molecule has 1 heterocycles. The van der Waals surface area contributed by atoms with E-state index in [2.05, 4.69) is 0 Å². The topological polar surface area (TPSA) is 79.2 Å². The average Bonchev–Trinajstić information content (AvgIpc) is 2.45. The Morgan fingerprint density at radius 3 is 2.83 bits per heavy atom. The molecule has 3 N–H and O–H groups in total. The number of aliphatic hydroxyl groups is 3. The molecule has 0 aromatic rings. The van der Waals surface area contributed by atoms with Crippen LogP contribution in [0.3, 0.4) is 0 Å². The lowest BCUT2D eigenvalue weighted by molar-refractivity contribution is -0.0809. The second kappa shape index (κ2) is 4.15. The Balaban J connectivity index is 2.53. The van der Waals surface area contributed by atoms with Gasteiger partial charge >= 0.3 is 0 Å². The third kappa shape index (κ3) is 1.75. The fourth-order valence-corrected chi connectivity index (χ4v) is 1.34. The predicted molar refractivity (Wildman–Crippen MR) is 39.6 cm³/mol. The summed E-state index contributed by atoms with van der Waals surface area (Å²) in [6, 6.07) is 0. The van der Waals surface area contributed by atoms with E-state index in [1.807, 2.05) is 0 Å². The molecule has 0 amide bonds. The first-order valence-corrected chi connectivity index (χ1v) is 3.82. The van der Waals surface area contributed by atoms with Gasteiger partial charge in [-0.2, -0.15) is 0 Å². The van der Waals surface area contributed by atoms with Crippen LogP contribution in [0.5, 0.6) is 0 Å². The van der Waals surface area contributed by atoms with Crippen LogP contribution in [0.2, 0.25) is 0 Å². The van der Waals surface area contributed by atoms with Crippen LogP contribution in [0.4, 0.5) is 0 Å². The maximum absolute atomic E-state index is 9.26. The molecule has 4 atom stereocenters. The van der Waals surface area contributed by atoms with Crippen molar-refractivity contribution in [3.63, 3.8) is 0 Å². The minimum Gasteiger partial charge on any atom is -0.394 e. The molecular weight excluding hydrogens is 164 g/mol. The van der Waals surface area contributed by atoms with E-state index in [0.717, 1.165) is 0 Å². The van der Waals surface area contributed by atoms with Gasteiger partial charge in [0.1, 0.15) is 24.4 Å². The fourth-order valence-electron chi connectivity index (χ4n) is 1.34. The molecule has 0 radical (unpaired) electrons. The molecule has 1 aliphatic heterocycles. The van der Waals surface area contributed by atoms with Crippen LogP contribution in [-0.4, -0.2) is 60.1 Å². The second-order valence-corrected chi connectivity index (χ2v) is 2.82. The maximum atomic E-state index is 9.26. The van der Waals surface area contributed by atoms with Gasteiger partial charge in [-0.1, -0.05) is 0 Å². The molecule has 0 bridgehead atoms. The molecule has 72 valence electrons. The first kappa shape index (κ1) is 9.88. The third-order valence-electron chi connectivity index (χ3n) is 2.00. The Hall–Kier alpha value is -0.200. The van der Waals surface area contributed by atoms with Gasteiger partial charge in [0.15, 0.2) is 0 Å². The molecule has 0 aromatic heterocycles. The average molecular weight is 178 g/mol. The van der Waals surface area contributed by atoms with Crippen LogP contribution in [0.15, 0.2) is 0 Å². The zero-order chi connectivity index (χ0) is 9.14. The molecule has 1 fully saturated rings. The summed E-state index contributed by atoms with van der Waals surface area (Å²) in [4.78, 5) is 0. The van der Waals surface area contributed by atoms with E-state index < -0.39 is 31.0 Å². The lowest BCUT2D eigenvalue weighted by Crippen LogP contribution is -2.41. The van der Waals surface area contributed by atoms with Gasteiger partial charge in [-0.25, -0.2) is 0 Å². The van der Waals surface area contributed by atoms with Gasteiger partial charge in [-0.05, 0) is 0 Å². The molecule has 0 aliphatic carbocycles. The molecule has 1 aliphatic rings. The van der Waals surface area contributed by atoms with Gasteiger partial charge in [-0.15, -0.1) is 0 Å². The molecule has 12 heavy (non-hydrogen) atoms. The third-order valence-corrected chi connectivity index (χ3v) is 2.00. The highest BCUT2D eigenvalue weighted by molar-refractivity contribution is 4.88. The van der Waals surface area contributed by atoms with Crippen LogP contribution in [0.1, 0.15) is 0 Å². The van der Waals surface area contributed by atoms with Crippen molar-refractivity contribution >= 4 is 0 Å². The fraction of sp³-hybridized carbons (Fsp3) is 1.00. The summed E-state index contributed by atoms with van der Waals surface area (Å²) in [5, 5.41) is 27.1. The molecule has 0 saturated carbocycles. The van der Waals surface area contributed by atoms with Crippen molar-refractivity contribution in [2.45, 2.75) is 24.4 Å². The van der Waals surface area contributed by atoms with Gasteiger partial charge in [-0.3, -0.25) is 0 Å². The molecule has 0 unspecified atom stereocenters. The van der Waals surface area contributed by atoms with Crippen molar-refractivity contribution in [1.82, 2.24) is 0 Å². The summed E-state index contributed by atoms with van der Waals surface area (Å²) < 4.78 is 9.95. The lowest BCUT2D eigenvalue weighted by atomic mass is 10.1. The van der Waals surface area contributed by atoms with E-state index in [-0.39, 0.29) is 6.61 Å². The van der Waals surface area contributed by atoms with Crippen LogP contribution >= 0.6 is 0 Å². The summed E-state index contributed by atoms with van der Waals surface area (Å²) >= 11 is 0. The van der Waals surface area contributed by atoms with Gasteiger partial charge in [0, 0.05) is 7.11 Å². The van der Waals surface area contributed by atoms with Gasteiger partial charge in [0.2, 0.25) is 0 Å². The number of ether oxygens (including phenoxy) is 2.